The summed E-state index contributed by atoms with van der Waals surface area (Å²) >= 11 is 0. The number of benzene rings is 1. The zero-order valence-corrected chi connectivity index (χ0v) is 16.8. The van der Waals surface area contributed by atoms with Crippen molar-refractivity contribution >= 4 is 23.4 Å². The van der Waals surface area contributed by atoms with E-state index in [1.807, 2.05) is 58.0 Å². The van der Waals surface area contributed by atoms with E-state index in [1.165, 1.54) is 0 Å². The molecule has 3 amide bonds. The van der Waals surface area contributed by atoms with Crippen LogP contribution in [0, 0.1) is 5.41 Å². The number of carbonyl (C=O) groups excluding carboxylic acids is 3. The summed E-state index contributed by atoms with van der Waals surface area (Å²) < 4.78 is 0. The Kier molecular flexibility index (Phi) is 6.99. The van der Waals surface area contributed by atoms with Crippen LogP contribution in [0.3, 0.4) is 0 Å². The van der Waals surface area contributed by atoms with Crippen LogP contribution in [0.1, 0.15) is 47.0 Å². The third kappa shape index (κ3) is 5.31. The number of hydrogen-bond acceptors (Lipinski definition) is 3. The number of anilines is 1. The number of hydrogen-bond donors (Lipinski definition) is 1. The highest BCUT2D eigenvalue weighted by Crippen LogP contribution is 2.24. The van der Waals surface area contributed by atoms with E-state index in [4.69, 9.17) is 0 Å². The van der Waals surface area contributed by atoms with E-state index in [1.54, 1.807) is 9.80 Å². The van der Waals surface area contributed by atoms with Gasteiger partial charge in [-0.3, -0.25) is 14.4 Å². The van der Waals surface area contributed by atoms with E-state index in [-0.39, 0.29) is 17.7 Å². The molecule has 1 heterocycles. The highest BCUT2D eigenvalue weighted by molar-refractivity contribution is 6.01. The minimum Gasteiger partial charge on any atom is -0.356 e. The zero-order valence-electron chi connectivity index (χ0n) is 16.8. The fourth-order valence-electron chi connectivity index (χ4n) is 3.24. The predicted octanol–water partition coefficient (Wildman–Crippen LogP) is 2.58. The highest BCUT2D eigenvalue weighted by Gasteiger charge is 2.37. The molecule has 2 rings (SSSR count). The second kappa shape index (κ2) is 9.02. The molecule has 1 atom stereocenters. The average Bonchev–Trinajstić information content (AvgIpc) is 3.00. The summed E-state index contributed by atoms with van der Waals surface area (Å²) in [6, 6.07) is 9.16. The Morgan fingerprint density at radius 2 is 1.89 bits per heavy atom. The molecule has 148 valence electrons. The maximum atomic E-state index is 12.8. The topological polar surface area (TPSA) is 69.7 Å². The van der Waals surface area contributed by atoms with Crippen molar-refractivity contribution in [3.8, 4) is 0 Å². The molecule has 1 N–H and O–H groups in total. The number of carbonyl (C=O) groups is 3. The first-order valence-electron chi connectivity index (χ1n) is 9.70. The lowest BCUT2D eigenvalue weighted by atomic mass is 9.96. The molecular weight excluding hydrogens is 342 g/mol. The standard InChI is InChI=1S/C21H31N3O3/c1-5-23(18(25)12-9-14-22-20(27)21(2,3)4)17-13-15-24(19(17)26)16-10-7-6-8-11-16/h6-8,10-11,17H,5,9,12-15H2,1-4H3,(H,22,27). The normalized spacial score (nSPS) is 17.1. The summed E-state index contributed by atoms with van der Waals surface area (Å²) in [7, 11) is 0. The molecule has 1 saturated heterocycles. The van der Waals surface area contributed by atoms with Gasteiger partial charge >= 0.3 is 0 Å². The average molecular weight is 373 g/mol. The fraction of sp³-hybridized carbons (Fsp3) is 0.571. The highest BCUT2D eigenvalue weighted by atomic mass is 16.2. The summed E-state index contributed by atoms with van der Waals surface area (Å²) in [5.41, 5.74) is 0.440. The van der Waals surface area contributed by atoms with Gasteiger partial charge in [-0.05, 0) is 31.9 Å². The van der Waals surface area contributed by atoms with Gasteiger partial charge in [-0.25, -0.2) is 0 Å². The lowest BCUT2D eigenvalue weighted by molar-refractivity contribution is -0.138. The summed E-state index contributed by atoms with van der Waals surface area (Å²) in [6.07, 6.45) is 1.54. The van der Waals surface area contributed by atoms with Crippen molar-refractivity contribution in [2.24, 2.45) is 5.41 Å². The fourth-order valence-corrected chi connectivity index (χ4v) is 3.24. The van der Waals surface area contributed by atoms with Crippen LogP contribution in [-0.4, -0.2) is 48.3 Å². The van der Waals surface area contributed by atoms with Gasteiger partial charge < -0.3 is 15.1 Å². The van der Waals surface area contributed by atoms with Gasteiger partial charge in [-0.15, -0.1) is 0 Å². The van der Waals surface area contributed by atoms with Crippen LogP contribution in [0.15, 0.2) is 30.3 Å². The molecule has 0 aliphatic carbocycles. The van der Waals surface area contributed by atoms with Crippen LogP contribution in [0.25, 0.3) is 0 Å². The van der Waals surface area contributed by atoms with Gasteiger partial charge in [0.05, 0.1) is 0 Å². The Morgan fingerprint density at radius 3 is 2.48 bits per heavy atom. The lowest BCUT2D eigenvalue weighted by Crippen LogP contribution is -2.45. The molecule has 0 bridgehead atoms. The Hall–Kier alpha value is -2.37. The summed E-state index contributed by atoms with van der Waals surface area (Å²) in [5.74, 6) is -0.0695. The number of amides is 3. The van der Waals surface area contributed by atoms with E-state index < -0.39 is 11.5 Å². The van der Waals surface area contributed by atoms with Gasteiger partial charge in [0.1, 0.15) is 6.04 Å². The Bertz CT molecular complexity index is 667. The SMILES string of the molecule is CCN(C(=O)CCCNC(=O)C(C)(C)C)C1CCN(c2ccccc2)C1=O. The molecule has 0 spiro atoms. The van der Waals surface area contributed by atoms with E-state index in [0.717, 1.165) is 5.69 Å². The number of para-hydroxylation sites is 1. The zero-order chi connectivity index (χ0) is 20.0. The minimum atomic E-state index is -0.434. The molecule has 0 saturated carbocycles. The molecule has 1 aromatic rings. The van der Waals surface area contributed by atoms with E-state index in [0.29, 0.717) is 38.9 Å². The third-order valence-corrected chi connectivity index (χ3v) is 4.82. The molecule has 0 radical (unpaired) electrons. The van der Waals surface area contributed by atoms with Crippen LogP contribution >= 0.6 is 0 Å². The molecule has 1 aliphatic rings. The second-order valence-electron chi connectivity index (χ2n) is 7.92. The number of likely N-dealkylation sites (N-methyl/N-ethyl adjacent to an activating group) is 1. The monoisotopic (exact) mass is 373 g/mol. The van der Waals surface area contributed by atoms with Gasteiger partial charge in [-0.2, -0.15) is 0 Å². The first kappa shape index (κ1) is 20.9. The van der Waals surface area contributed by atoms with E-state index in [2.05, 4.69) is 5.32 Å². The largest absolute Gasteiger partial charge is 0.356 e. The first-order valence-corrected chi connectivity index (χ1v) is 9.70. The van der Waals surface area contributed by atoms with Crippen LogP contribution in [-0.2, 0) is 14.4 Å². The third-order valence-electron chi connectivity index (χ3n) is 4.82. The molecule has 27 heavy (non-hydrogen) atoms. The van der Waals surface area contributed by atoms with Gasteiger partial charge in [-0.1, -0.05) is 39.0 Å². The molecule has 6 heteroatoms. The molecular formula is C21H31N3O3. The van der Waals surface area contributed by atoms with Gasteiger partial charge in [0.2, 0.25) is 17.7 Å². The Morgan fingerprint density at radius 1 is 1.22 bits per heavy atom. The van der Waals surface area contributed by atoms with E-state index in [9.17, 15) is 14.4 Å². The van der Waals surface area contributed by atoms with Gasteiger partial charge in [0.25, 0.3) is 0 Å². The summed E-state index contributed by atoms with van der Waals surface area (Å²) in [6.45, 7) is 9.07. The van der Waals surface area contributed by atoms with Crippen molar-refractivity contribution in [2.75, 3.05) is 24.5 Å². The maximum absolute atomic E-state index is 12.8. The Balaban J connectivity index is 1.88. The molecule has 1 aliphatic heterocycles. The number of nitrogens with zero attached hydrogens (tertiary/aromatic N) is 2. The van der Waals surface area contributed by atoms with Crippen molar-refractivity contribution in [1.29, 1.82) is 0 Å². The molecule has 1 fully saturated rings. The molecule has 1 aromatic carbocycles. The van der Waals surface area contributed by atoms with Gasteiger partial charge in [0.15, 0.2) is 0 Å². The van der Waals surface area contributed by atoms with Crippen LogP contribution in [0.5, 0.6) is 0 Å². The van der Waals surface area contributed by atoms with Crippen molar-refractivity contribution in [2.45, 2.75) is 53.0 Å². The Labute approximate surface area is 161 Å². The minimum absolute atomic E-state index is 0.0163. The number of rotatable bonds is 7. The quantitative estimate of drug-likeness (QED) is 0.747. The smallest absolute Gasteiger partial charge is 0.249 e. The van der Waals surface area contributed by atoms with Crippen LogP contribution in [0.4, 0.5) is 5.69 Å². The summed E-state index contributed by atoms with van der Waals surface area (Å²) in [5, 5.41) is 2.86. The van der Waals surface area contributed by atoms with Crippen molar-refractivity contribution in [3.05, 3.63) is 30.3 Å². The summed E-state index contributed by atoms with van der Waals surface area (Å²) in [4.78, 5) is 40.7. The number of nitrogens with one attached hydrogen (secondary N) is 1. The van der Waals surface area contributed by atoms with Crippen LogP contribution in [0.2, 0.25) is 0 Å². The van der Waals surface area contributed by atoms with E-state index >= 15 is 0 Å². The second-order valence-corrected chi connectivity index (χ2v) is 7.92. The maximum Gasteiger partial charge on any atom is 0.249 e. The molecule has 6 nitrogen and oxygen atoms in total. The van der Waals surface area contributed by atoms with Gasteiger partial charge in [0, 0.05) is 37.2 Å². The lowest BCUT2D eigenvalue weighted by Gasteiger charge is -2.27. The van der Waals surface area contributed by atoms with Crippen LogP contribution < -0.4 is 10.2 Å². The van der Waals surface area contributed by atoms with Crippen molar-refractivity contribution in [3.63, 3.8) is 0 Å². The molecule has 1 unspecified atom stereocenters. The van der Waals surface area contributed by atoms with Crippen molar-refractivity contribution < 1.29 is 14.4 Å². The predicted molar refractivity (Wildman–Crippen MR) is 106 cm³/mol. The first-order chi connectivity index (χ1) is 12.8. The molecule has 0 aromatic heterocycles. The van der Waals surface area contributed by atoms with Crippen molar-refractivity contribution in [1.82, 2.24) is 10.2 Å².